The van der Waals surface area contributed by atoms with Crippen LogP contribution in [-0.4, -0.2) is 37.1 Å². The van der Waals surface area contributed by atoms with Gasteiger partial charge in [-0.2, -0.15) is 0 Å². The number of rotatable bonds is 7. The number of nitrogens with zero attached hydrogens (tertiary/aromatic N) is 4. The van der Waals surface area contributed by atoms with E-state index in [9.17, 15) is 4.79 Å². The molecule has 2 aromatic rings. The van der Waals surface area contributed by atoms with E-state index in [1.54, 1.807) is 10.9 Å². The van der Waals surface area contributed by atoms with Crippen LogP contribution in [0.1, 0.15) is 29.5 Å². The Balaban J connectivity index is 1.85. The van der Waals surface area contributed by atoms with Gasteiger partial charge in [0.15, 0.2) is 5.69 Å². The largest absolute Gasteiger partial charge is 0.476 e. The van der Waals surface area contributed by atoms with Gasteiger partial charge in [-0.05, 0) is 6.42 Å². The van der Waals surface area contributed by atoms with Crippen molar-refractivity contribution in [3.63, 3.8) is 0 Å². The lowest BCUT2D eigenvalue weighted by atomic mass is 10.2. The molecule has 0 atom stereocenters. The summed E-state index contributed by atoms with van der Waals surface area (Å²) in [4.78, 5) is 22.8. The normalized spacial score (nSPS) is 10.4. The summed E-state index contributed by atoms with van der Waals surface area (Å²) < 4.78 is 1.73. The molecule has 0 saturated carbocycles. The molecule has 0 bridgehead atoms. The highest BCUT2D eigenvalue weighted by molar-refractivity contribution is 5.84. The fourth-order valence-corrected chi connectivity index (χ4v) is 1.79. The Morgan fingerprint density at radius 2 is 2.25 bits per heavy atom. The summed E-state index contributed by atoms with van der Waals surface area (Å²) in [7, 11) is 0. The zero-order chi connectivity index (χ0) is 14.4. The number of aryl methyl sites for hydroxylation is 1. The van der Waals surface area contributed by atoms with Crippen molar-refractivity contribution >= 4 is 11.8 Å². The number of hydrogen-bond acceptors (Lipinski definition) is 5. The second-order valence-electron chi connectivity index (χ2n) is 4.37. The molecule has 0 radical (unpaired) electrons. The summed E-state index contributed by atoms with van der Waals surface area (Å²) in [5.41, 5.74) is 1.07. The van der Waals surface area contributed by atoms with Crippen LogP contribution in [0.15, 0.2) is 24.9 Å². The van der Waals surface area contributed by atoms with E-state index in [1.807, 2.05) is 6.07 Å². The Kier molecular flexibility index (Phi) is 4.65. The molecule has 0 spiro atoms. The first-order valence-corrected chi connectivity index (χ1v) is 6.49. The molecule has 0 aliphatic carbocycles. The number of imidazole rings is 1. The maximum Gasteiger partial charge on any atom is 0.356 e. The number of carboxylic acids is 1. The van der Waals surface area contributed by atoms with Crippen LogP contribution in [-0.2, 0) is 13.0 Å². The van der Waals surface area contributed by atoms with Gasteiger partial charge in [0.2, 0.25) is 0 Å². The van der Waals surface area contributed by atoms with Gasteiger partial charge in [-0.25, -0.2) is 19.7 Å². The molecule has 20 heavy (non-hydrogen) atoms. The number of anilines is 1. The third-order valence-electron chi connectivity index (χ3n) is 2.76. The van der Waals surface area contributed by atoms with E-state index >= 15 is 0 Å². The van der Waals surface area contributed by atoms with E-state index in [2.05, 4.69) is 27.2 Å². The molecule has 0 fully saturated rings. The average Bonchev–Trinajstić information content (AvgIpc) is 2.89. The van der Waals surface area contributed by atoms with E-state index in [0.29, 0.717) is 13.1 Å². The highest BCUT2D eigenvalue weighted by Gasteiger charge is 2.06. The molecule has 106 valence electrons. The van der Waals surface area contributed by atoms with Crippen LogP contribution in [0.4, 0.5) is 5.82 Å². The van der Waals surface area contributed by atoms with Gasteiger partial charge in [-0.1, -0.05) is 13.3 Å². The monoisotopic (exact) mass is 275 g/mol. The Hall–Kier alpha value is -2.44. The standard InChI is InChI=1S/C13H17N5O2/c1-2-3-10-6-12(16-8-15-10)14-4-5-18-7-11(13(19)20)17-9-18/h6-9H,2-5H2,1H3,(H,19,20)(H,14,15,16). The van der Waals surface area contributed by atoms with Crippen molar-refractivity contribution in [3.05, 3.63) is 36.3 Å². The number of aromatic nitrogens is 4. The average molecular weight is 275 g/mol. The van der Waals surface area contributed by atoms with Crippen LogP contribution >= 0.6 is 0 Å². The van der Waals surface area contributed by atoms with Crippen molar-refractivity contribution in [1.82, 2.24) is 19.5 Å². The third-order valence-corrected chi connectivity index (χ3v) is 2.76. The van der Waals surface area contributed by atoms with Crippen molar-refractivity contribution in [2.75, 3.05) is 11.9 Å². The van der Waals surface area contributed by atoms with E-state index in [-0.39, 0.29) is 5.69 Å². The number of nitrogens with one attached hydrogen (secondary N) is 1. The molecular formula is C13H17N5O2. The van der Waals surface area contributed by atoms with Crippen LogP contribution in [0.3, 0.4) is 0 Å². The molecule has 7 heteroatoms. The van der Waals surface area contributed by atoms with Gasteiger partial charge >= 0.3 is 5.97 Å². The maximum absolute atomic E-state index is 10.7. The molecule has 0 aliphatic heterocycles. The van der Waals surface area contributed by atoms with Gasteiger partial charge in [0.1, 0.15) is 12.1 Å². The van der Waals surface area contributed by atoms with Crippen molar-refractivity contribution < 1.29 is 9.90 Å². The second kappa shape index (κ2) is 6.65. The first-order valence-electron chi connectivity index (χ1n) is 6.49. The van der Waals surface area contributed by atoms with Gasteiger partial charge in [0.05, 0.1) is 6.33 Å². The van der Waals surface area contributed by atoms with Gasteiger partial charge in [-0.3, -0.25) is 0 Å². The summed E-state index contributed by atoms with van der Waals surface area (Å²) >= 11 is 0. The Bertz CT molecular complexity index is 582. The number of aromatic carboxylic acids is 1. The fourth-order valence-electron chi connectivity index (χ4n) is 1.79. The quantitative estimate of drug-likeness (QED) is 0.794. The second-order valence-corrected chi connectivity index (χ2v) is 4.37. The van der Waals surface area contributed by atoms with Crippen LogP contribution in [0, 0.1) is 0 Å². The van der Waals surface area contributed by atoms with Gasteiger partial charge in [-0.15, -0.1) is 0 Å². The summed E-state index contributed by atoms with van der Waals surface area (Å²) in [6, 6.07) is 1.93. The minimum atomic E-state index is -1.02. The van der Waals surface area contributed by atoms with Crippen LogP contribution in [0.25, 0.3) is 0 Å². The predicted octanol–water partition coefficient (Wildman–Crippen LogP) is 1.44. The number of carboxylic acid groups (broad SMARTS) is 1. The molecule has 2 N–H and O–H groups in total. The minimum Gasteiger partial charge on any atom is -0.476 e. The summed E-state index contributed by atoms with van der Waals surface area (Å²) in [5.74, 6) is -0.237. The molecule has 2 heterocycles. The highest BCUT2D eigenvalue weighted by Crippen LogP contribution is 2.05. The summed E-state index contributed by atoms with van der Waals surface area (Å²) in [6.45, 7) is 3.36. The first kappa shape index (κ1) is 14.0. The molecular weight excluding hydrogens is 258 g/mol. The summed E-state index contributed by atoms with van der Waals surface area (Å²) in [5, 5.41) is 12.0. The zero-order valence-corrected chi connectivity index (χ0v) is 11.3. The molecule has 0 aromatic carbocycles. The molecule has 7 nitrogen and oxygen atoms in total. The van der Waals surface area contributed by atoms with Gasteiger partial charge < -0.3 is 15.0 Å². The van der Waals surface area contributed by atoms with Crippen molar-refractivity contribution in [1.29, 1.82) is 0 Å². The van der Waals surface area contributed by atoms with E-state index < -0.39 is 5.97 Å². The Morgan fingerprint density at radius 1 is 1.40 bits per heavy atom. The van der Waals surface area contributed by atoms with E-state index in [4.69, 9.17) is 5.11 Å². The van der Waals surface area contributed by atoms with E-state index in [0.717, 1.165) is 24.4 Å². The zero-order valence-electron chi connectivity index (χ0n) is 11.3. The van der Waals surface area contributed by atoms with Crippen molar-refractivity contribution in [3.8, 4) is 0 Å². The summed E-state index contributed by atoms with van der Waals surface area (Å²) in [6.07, 6.45) is 6.54. The predicted molar refractivity (Wildman–Crippen MR) is 73.7 cm³/mol. The molecule has 0 amide bonds. The van der Waals surface area contributed by atoms with Crippen LogP contribution < -0.4 is 5.32 Å². The fraction of sp³-hybridized carbons (Fsp3) is 0.385. The topological polar surface area (TPSA) is 92.9 Å². The molecule has 0 saturated heterocycles. The Morgan fingerprint density at radius 3 is 2.95 bits per heavy atom. The lowest BCUT2D eigenvalue weighted by Crippen LogP contribution is -2.10. The SMILES string of the molecule is CCCc1cc(NCCn2cnc(C(=O)O)c2)ncn1. The maximum atomic E-state index is 10.7. The minimum absolute atomic E-state index is 0.0530. The molecule has 0 unspecified atom stereocenters. The Labute approximate surface area is 116 Å². The molecule has 2 rings (SSSR count). The van der Waals surface area contributed by atoms with Crippen LogP contribution in [0.5, 0.6) is 0 Å². The van der Waals surface area contributed by atoms with Crippen molar-refractivity contribution in [2.45, 2.75) is 26.3 Å². The number of hydrogen-bond donors (Lipinski definition) is 2. The van der Waals surface area contributed by atoms with Crippen LogP contribution in [0.2, 0.25) is 0 Å². The van der Waals surface area contributed by atoms with Crippen molar-refractivity contribution in [2.24, 2.45) is 0 Å². The first-order chi connectivity index (χ1) is 9.69. The molecule has 0 aliphatic rings. The van der Waals surface area contributed by atoms with E-state index in [1.165, 1.54) is 12.5 Å². The lowest BCUT2D eigenvalue weighted by Gasteiger charge is -2.07. The van der Waals surface area contributed by atoms with Gasteiger partial charge in [0, 0.05) is 31.0 Å². The smallest absolute Gasteiger partial charge is 0.356 e. The molecule has 2 aromatic heterocycles. The lowest BCUT2D eigenvalue weighted by molar-refractivity contribution is 0.0691. The van der Waals surface area contributed by atoms with Gasteiger partial charge in [0.25, 0.3) is 0 Å². The number of carbonyl (C=O) groups is 1. The highest BCUT2D eigenvalue weighted by atomic mass is 16.4. The third kappa shape index (κ3) is 3.78.